The van der Waals surface area contributed by atoms with Gasteiger partial charge in [0.2, 0.25) is 5.91 Å². The Kier molecular flexibility index (Phi) is 4.32. The molecule has 1 aromatic rings. The van der Waals surface area contributed by atoms with Crippen LogP contribution in [0, 0.1) is 11.3 Å². The summed E-state index contributed by atoms with van der Waals surface area (Å²) in [6.07, 6.45) is 5.07. The fraction of sp³-hybridized carbons (Fsp3) is 0.333. The van der Waals surface area contributed by atoms with E-state index in [0.717, 1.165) is 18.4 Å². The van der Waals surface area contributed by atoms with Crippen LogP contribution in [-0.2, 0) is 4.79 Å². The van der Waals surface area contributed by atoms with E-state index in [1.807, 2.05) is 0 Å². The molecule has 1 atom stereocenters. The molecule has 0 bridgehead atoms. The van der Waals surface area contributed by atoms with Crippen molar-refractivity contribution in [1.29, 1.82) is 5.26 Å². The number of rotatable bonds is 3. The number of hydrogen-bond acceptors (Lipinski definition) is 3. The monoisotopic (exact) mass is 256 g/mol. The first-order valence-electron chi connectivity index (χ1n) is 6.34. The number of amides is 1. The molecule has 0 aromatic heterocycles. The Morgan fingerprint density at radius 2 is 2.21 bits per heavy atom. The van der Waals surface area contributed by atoms with Gasteiger partial charge >= 0.3 is 0 Å². The number of nitrogens with zero attached hydrogens (tertiary/aromatic N) is 2. The molecule has 98 valence electrons. The van der Waals surface area contributed by atoms with E-state index in [1.54, 1.807) is 35.2 Å². The summed E-state index contributed by atoms with van der Waals surface area (Å²) < 4.78 is 0. The summed E-state index contributed by atoms with van der Waals surface area (Å²) in [7, 11) is 0. The van der Waals surface area contributed by atoms with Crippen molar-refractivity contribution in [3.8, 4) is 6.07 Å². The Morgan fingerprint density at radius 3 is 2.84 bits per heavy atom. The van der Waals surface area contributed by atoms with E-state index in [4.69, 9.17) is 5.26 Å². The Bertz CT molecular complexity index is 514. The Hall–Kier alpha value is -2.12. The summed E-state index contributed by atoms with van der Waals surface area (Å²) in [4.78, 5) is 13.7. The van der Waals surface area contributed by atoms with Gasteiger partial charge in [-0.2, -0.15) is 5.26 Å². The molecule has 1 heterocycles. The molecule has 1 unspecified atom stereocenters. The zero-order chi connectivity index (χ0) is 13.7. The molecular weight excluding hydrogens is 240 g/mol. The molecule has 1 aliphatic heterocycles. The molecular formula is C15H16N2O2. The van der Waals surface area contributed by atoms with Crippen LogP contribution in [0.1, 0.15) is 24.0 Å². The molecule has 1 amide bonds. The van der Waals surface area contributed by atoms with Gasteiger partial charge in [-0.1, -0.05) is 12.1 Å². The van der Waals surface area contributed by atoms with Crippen molar-refractivity contribution >= 4 is 12.0 Å². The van der Waals surface area contributed by atoms with Gasteiger partial charge in [0, 0.05) is 12.6 Å². The summed E-state index contributed by atoms with van der Waals surface area (Å²) >= 11 is 0. The zero-order valence-electron chi connectivity index (χ0n) is 10.6. The molecule has 0 radical (unpaired) electrons. The molecule has 2 rings (SSSR count). The smallest absolute Gasteiger partial charge is 0.246 e. The van der Waals surface area contributed by atoms with Gasteiger partial charge in [0.05, 0.1) is 24.3 Å². The van der Waals surface area contributed by atoms with Crippen LogP contribution in [0.2, 0.25) is 0 Å². The minimum atomic E-state index is -0.0686. The molecule has 1 saturated heterocycles. The molecule has 0 saturated carbocycles. The second kappa shape index (κ2) is 6.17. The quantitative estimate of drug-likeness (QED) is 0.835. The van der Waals surface area contributed by atoms with E-state index in [2.05, 4.69) is 6.07 Å². The third-order valence-corrected chi connectivity index (χ3v) is 3.33. The lowest BCUT2D eigenvalue weighted by atomic mass is 10.1. The summed E-state index contributed by atoms with van der Waals surface area (Å²) in [6, 6.07) is 9.05. The van der Waals surface area contributed by atoms with E-state index < -0.39 is 0 Å². The van der Waals surface area contributed by atoms with Gasteiger partial charge in [-0.25, -0.2) is 0 Å². The molecule has 4 heteroatoms. The lowest BCUT2D eigenvalue weighted by Crippen LogP contribution is -2.36. The third-order valence-electron chi connectivity index (χ3n) is 3.33. The van der Waals surface area contributed by atoms with Crippen LogP contribution in [0.25, 0.3) is 6.08 Å². The highest BCUT2D eigenvalue weighted by Gasteiger charge is 2.26. The summed E-state index contributed by atoms with van der Waals surface area (Å²) in [5, 5.41) is 17.9. The molecule has 4 nitrogen and oxygen atoms in total. The maximum absolute atomic E-state index is 12.0. The minimum Gasteiger partial charge on any atom is -0.394 e. The zero-order valence-corrected chi connectivity index (χ0v) is 10.6. The summed E-state index contributed by atoms with van der Waals surface area (Å²) in [5.41, 5.74) is 1.48. The summed E-state index contributed by atoms with van der Waals surface area (Å²) in [6.45, 7) is 0.734. The third kappa shape index (κ3) is 3.21. The fourth-order valence-corrected chi connectivity index (χ4v) is 2.25. The molecule has 0 aliphatic carbocycles. The van der Waals surface area contributed by atoms with E-state index in [9.17, 15) is 9.90 Å². The van der Waals surface area contributed by atoms with Crippen LogP contribution in [0.4, 0.5) is 0 Å². The first-order valence-corrected chi connectivity index (χ1v) is 6.34. The number of likely N-dealkylation sites (tertiary alicyclic amines) is 1. The second-order valence-electron chi connectivity index (χ2n) is 4.58. The van der Waals surface area contributed by atoms with Crippen LogP contribution in [0.15, 0.2) is 30.3 Å². The molecule has 1 N–H and O–H groups in total. The summed E-state index contributed by atoms with van der Waals surface area (Å²) in [5.74, 6) is -0.0686. The van der Waals surface area contributed by atoms with Crippen LogP contribution < -0.4 is 0 Å². The Balaban J connectivity index is 2.01. The van der Waals surface area contributed by atoms with Gasteiger partial charge in [0.25, 0.3) is 0 Å². The van der Waals surface area contributed by atoms with Crippen molar-refractivity contribution in [2.24, 2.45) is 0 Å². The predicted molar refractivity (Wildman–Crippen MR) is 72.0 cm³/mol. The van der Waals surface area contributed by atoms with Crippen molar-refractivity contribution in [2.45, 2.75) is 18.9 Å². The van der Waals surface area contributed by atoms with Gasteiger partial charge in [-0.05, 0) is 36.6 Å². The van der Waals surface area contributed by atoms with Crippen molar-refractivity contribution < 1.29 is 9.90 Å². The first-order chi connectivity index (χ1) is 9.24. The molecule has 1 fully saturated rings. The van der Waals surface area contributed by atoms with Crippen molar-refractivity contribution in [3.05, 3.63) is 41.5 Å². The standard InChI is InChI=1S/C15H16N2O2/c16-10-13-5-3-12(4-6-13)7-8-15(19)17-9-1-2-14(17)11-18/h3-8,14,18H,1-2,9,11H2/b8-7+. The second-order valence-corrected chi connectivity index (χ2v) is 4.58. The van der Waals surface area contributed by atoms with Crippen molar-refractivity contribution in [3.63, 3.8) is 0 Å². The van der Waals surface area contributed by atoms with Gasteiger partial charge in [0.15, 0.2) is 0 Å². The van der Waals surface area contributed by atoms with Gasteiger partial charge in [-0.15, -0.1) is 0 Å². The van der Waals surface area contributed by atoms with E-state index >= 15 is 0 Å². The topological polar surface area (TPSA) is 64.3 Å². The lowest BCUT2D eigenvalue weighted by Gasteiger charge is -2.21. The predicted octanol–water partition coefficient (Wildman–Crippen LogP) is 1.55. The largest absolute Gasteiger partial charge is 0.394 e. The van der Waals surface area contributed by atoms with Crippen LogP contribution in [0.3, 0.4) is 0 Å². The van der Waals surface area contributed by atoms with E-state index in [1.165, 1.54) is 6.08 Å². The molecule has 1 aliphatic rings. The highest BCUT2D eigenvalue weighted by molar-refractivity contribution is 5.92. The number of nitriles is 1. The van der Waals surface area contributed by atoms with Gasteiger partial charge < -0.3 is 10.0 Å². The SMILES string of the molecule is N#Cc1ccc(/C=C/C(=O)N2CCCC2CO)cc1. The average Bonchev–Trinajstić information content (AvgIpc) is 2.93. The number of carbonyl (C=O) groups excluding carboxylic acids is 1. The molecule has 19 heavy (non-hydrogen) atoms. The van der Waals surface area contributed by atoms with Crippen molar-refractivity contribution in [2.75, 3.05) is 13.2 Å². The molecule has 1 aromatic carbocycles. The fourth-order valence-electron chi connectivity index (χ4n) is 2.25. The maximum atomic E-state index is 12.0. The number of carbonyl (C=O) groups is 1. The van der Waals surface area contributed by atoms with Gasteiger partial charge in [-0.3, -0.25) is 4.79 Å². The van der Waals surface area contributed by atoms with Gasteiger partial charge in [0.1, 0.15) is 0 Å². The highest BCUT2D eigenvalue weighted by atomic mass is 16.3. The van der Waals surface area contributed by atoms with Crippen molar-refractivity contribution in [1.82, 2.24) is 4.90 Å². The first kappa shape index (κ1) is 13.3. The van der Waals surface area contributed by atoms with Crippen LogP contribution in [0.5, 0.6) is 0 Å². The van der Waals surface area contributed by atoms with E-state index in [-0.39, 0.29) is 18.6 Å². The number of aliphatic hydroxyl groups excluding tert-OH is 1. The number of aliphatic hydroxyl groups is 1. The normalized spacial score (nSPS) is 18.7. The van der Waals surface area contributed by atoms with Crippen LogP contribution in [-0.4, -0.2) is 35.1 Å². The molecule has 0 spiro atoms. The minimum absolute atomic E-state index is 0.0243. The Morgan fingerprint density at radius 1 is 1.47 bits per heavy atom. The highest BCUT2D eigenvalue weighted by Crippen LogP contribution is 2.17. The van der Waals surface area contributed by atoms with Crippen LogP contribution >= 0.6 is 0 Å². The Labute approximate surface area is 112 Å². The number of hydrogen-bond donors (Lipinski definition) is 1. The average molecular weight is 256 g/mol. The maximum Gasteiger partial charge on any atom is 0.246 e. The van der Waals surface area contributed by atoms with E-state index in [0.29, 0.717) is 12.1 Å². The lowest BCUT2D eigenvalue weighted by molar-refractivity contribution is -0.127. The number of benzene rings is 1.